The maximum absolute atomic E-state index is 11.3. The molecule has 112 valence electrons. The number of hydrogen-bond donors (Lipinski definition) is 1. The summed E-state index contributed by atoms with van der Waals surface area (Å²) in [4.78, 5) is 11.3. The number of esters is 1. The second-order valence-electron chi connectivity index (χ2n) is 6.11. The Bertz CT molecular complexity index is 508. The van der Waals surface area contributed by atoms with Crippen LogP contribution < -0.4 is 0 Å². The number of aliphatic hydroxyl groups excluding tert-OH is 1. The average Bonchev–Trinajstić information content (AvgIpc) is 3.03. The fraction of sp³-hybridized carbons (Fsp3) is 0.500. The van der Waals surface area contributed by atoms with Gasteiger partial charge in [-0.1, -0.05) is 42.5 Å². The van der Waals surface area contributed by atoms with Crippen LogP contribution in [0.2, 0.25) is 0 Å². The molecule has 2 aliphatic rings. The van der Waals surface area contributed by atoms with Crippen LogP contribution in [0, 0.1) is 11.8 Å². The second kappa shape index (κ2) is 6.44. The molecule has 3 nitrogen and oxygen atoms in total. The third-order valence-corrected chi connectivity index (χ3v) is 4.65. The molecule has 0 spiro atoms. The summed E-state index contributed by atoms with van der Waals surface area (Å²) in [5, 5.41) is 10.1. The number of benzene rings is 1. The van der Waals surface area contributed by atoms with E-state index in [4.69, 9.17) is 4.74 Å². The van der Waals surface area contributed by atoms with Crippen LogP contribution in [0.5, 0.6) is 0 Å². The van der Waals surface area contributed by atoms with E-state index in [1.807, 2.05) is 24.3 Å². The van der Waals surface area contributed by atoms with Gasteiger partial charge in [0.25, 0.3) is 0 Å². The highest BCUT2D eigenvalue weighted by Crippen LogP contribution is 2.41. The normalized spacial score (nSPS) is 29.6. The van der Waals surface area contributed by atoms with Crippen LogP contribution in [0.15, 0.2) is 42.5 Å². The van der Waals surface area contributed by atoms with Crippen molar-refractivity contribution >= 4 is 5.97 Å². The van der Waals surface area contributed by atoms with Crippen molar-refractivity contribution in [3.63, 3.8) is 0 Å². The molecule has 1 aromatic rings. The molecular formula is C18H22O3. The molecule has 1 heterocycles. The second-order valence-corrected chi connectivity index (χ2v) is 6.11. The predicted octanol–water partition coefficient (Wildman–Crippen LogP) is 2.88. The van der Waals surface area contributed by atoms with Crippen molar-refractivity contribution in [2.75, 3.05) is 0 Å². The number of carbonyl (C=O) groups excluding carboxylic acids is 1. The highest BCUT2D eigenvalue weighted by Gasteiger charge is 2.43. The number of allylic oxidation sites excluding steroid dienone is 1. The molecule has 4 unspecified atom stereocenters. The van der Waals surface area contributed by atoms with E-state index >= 15 is 0 Å². The van der Waals surface area contributed by atoms with Gasteiger partial charge in [-0.2, -0.15) is 0 Å². The van der Waals surface area contributed by atoms with Crippen LogP contribution in [0.1, 0.15) is 31.2 Å². The highest BCUT2D eigenvalue weighted by atomic mass is 16.5. The van der Waals surface area contributed by atoms with E-state index in [9.17, 15) is 9.90 Å². The average molecular weight is 286 g/mol. The first-order valence-corrected chi connectivity index (χ1v) is 7.82. The van der Waals surface area contributed by atoms with Gasteiger partial charge in [0.2, 0.25) is 0 Å². The summed E-state index contributed by atoms with van der Waals surface area (Å²) < 4.78 is 5.29. The van der Waals surface area contributed by atoms with Crippen molar-refractivity contribution in [3.05, 3.63) is 48.0 Å². The molecule has 3 heteroatoms. The van der Waals surface area contributed by atoms with Gasteiger partial charge in [0.1, 0.15) is 6.10 Å². The van der Waals surface area contributed by atoms with E-state index in [0.29, 0.717) is 18.3 Å². The molecule has 1 aromatic carbocycles. The lowest BCUT2D eigenvalue weighted by molar-refractivity contribution is -0.141. The number of aryl methyl sites for hydroxylation is 1. The summed E-state index contributed by atoms with van der Waals surface area (Å²) >= 11 is 0. The van der Waals surface area contributed by atoms with E-state index in [1.165, 1.54) is 5.56 Å². The fourth-order valence-electron chi connectivity index (χ4n) is 3.46. The van der Waals surface area contributed by atoms with Crippen LogP contribution >= 0.6 is 0 Å². The first kappa shape index (κ1) is 14.3. The zero-order valence-corrected chi connectivity index (χ0v) is 12.2. The van der Waals surface area contributed by atoms with Crippen molar-refractivity contribution in [1.29, 1.82) is 0 Å². The van der Waals surface area contributed by atoms with Crippen LogP contribution in [0.3, 0.4) is 0 Å². The topological polar surface area (TPSA) is 46.5 Å². The van der Waals surface area contributed by atoms with E-state index in [0.717, 1.165) is 25.7 Å². The lowest BCUT2D eigenvalue weighted by atomic mass is 9.92. The van der Waals surface area contributed by atoms with Crippen LogP contribution in [0.4, 0.5) is 0 Å². The molecule has 3 rings (SSSR count). The number of rotatable bonds is 5. The molecule has 2 fully saturated rings. The minimum atomic E-state index is -0.415. The maximum Gasteiger partial charge on any atom is 0.306 e. The van der Waals surface area contributed by atoms with Gasteiger partial charge in [0.05, 0.1) is 12.5 Å². The van der Waals surface area contributed by atoms with Crippen molar-refractivity contribution in [2.45, 2.75) is 44.3 Å². The lowest BCUT2D eigenvalue weighted by Gasteiger charge is -2.12. The number of hydrogen-bond acceptors (Lipinski definition) is 3. The highest BCUT2D eigenvalue weighted by molar-refractivity contribution is 5.72. The Morgan fingerprint density at radius 3 is 2.90 bits per heavy atom. The monoisotopic (exact) mass is 286 g/mol. The lowest BCUT2D eigenvalue weighted by Crippen LogP contribution is -2.13. The van der Waals surface area contributed by atoms with Crippen molar-refractivity contribution in [2.24, 2.45) is 11.8 Å². The largest absolute Gasteiger partial charge is 0.462 e. The van der Waals surface area contributed by atoms with Gasteiger partial charge in [-0.3, -0.25) is 4.79 Å². The Kier molecular flexibility index (Phi) is 4.39. The first-order valence-electron chi connectivity index (χ1n) is 7.82. The molecule has 1 N–H and O–H groups in total. The Hall–Kier alpha value is -1.61. The molecule has 0 aromatic heterocycles. The van der Waals surface area contributed by atoms with E-state index < -0.39 is 6.10 Å². The predicted molar refractivity (Wildman–Crippen MR) is 80.6 cm³/mol. The van der Waals surface area contributed by atoms with E-state index in [2.05, 4.69) is 18.2 Å². The summed E-state index contributed by atoms with van der Waals surface area (Å²) in [5.74, 6) is 0.649. The smallest absolute Gasteiger partial charge is 0.306 e. The quantitative estimate of drug-likeness (QED) is 0.669. The van der Waals surface area contributed by atoms with Crippen LogP contribution in [-0.4, -0.2) is 23.3 Å². The van der Waals surface area contributed by atoms with Gasteiger partial charge in [-0.25, -0.2) is 0 Å². The molecule has 0 radical (unpaired) electrons. The summed E-state index contributed by atoms with van der Waals surface area (Å²) in [6, 6.07) is 10.2. The molecular weight excluding hydrogens is 264 g/mol. The molecule has 1 saturated heterocycles. The summed E-state index contributed by atoms with van der Waals surface area (Å²) in [5.41, 5.74) is 1.25. The number of aliphatic hydroxyl groups is 1. The zero-order valence-electron chi connectivity index (χ0n) is 12.2. The van der Waals surface area contributed by atoms with Crippen molar-refractivity contribution < 1.29 is 14.6 Å². The van der Waals surface area contributed by atoms with E-state index in [-0.39, 0.29) is 12.1 Å². The maximum atomic E-state index is 11.3. The fourth-order valence-corrected chi connectivity index (χ4v) is 3.46. The molecule has 21 heavy (non-hydrogen) atoms. The summed E-state index contributed by atoms with van der Waals surface area (Å²) in [6.45, 7) is 0. The van der Waals surface area contributed by atoms with Crippen LogP contribution in [0.25, 0.3) is 0 Å². The van der Waals surface area contributed by atoms with Gasteiger partial charge in [-0.05, 0) is 37.2 Å². The zero-order chi connectivity index (χ0) is 14.7. The third-order valence-electron chi connectivity index (χ3n) is 4.65. The summed E-state index contributed by atoms with van der Waals surface area (Å²) in [7, 11) is 0. The molecule has 1 aliphatic carbocycles. The number of fused-ring (bicyclic) bond motifs is 1. The number of ether oxygens (including phenoxy) is 1. The van der Waals surface area contributed by atoms with E-state index in [1.54, 1.807) is 0 Å². The Labute approximate surface area is 125 Å². The van der Waals surface area contributed by atoms with Gasteiger partial charge in [-0.15, -0.1) is 0 Å². The molecule has 0 amide bonds. The molecule has 1 saturated carbocycles. The molecule has 1 aliphatic heterocycles. The minimum absolute atomic E-state index is 0.0623. The minimum Gasteiger partial charge on any atom is -0.462 e. The Morgan fingerprint density at radius 1 is 1.29 bits per heavy atom. The van der Waals surface area contributed by atoms with Gasteiger partial charge in [0, 0.05) is 5.92 Å². The molecule has 4 atom stereocenters. The van der Waals surface area contributed by atoms with Gasteiger partial charge >= 0.3 is 5.97 Å². The van der Waals surface area contributed by atoms with Gasteiger partial charge in [0.15, 0.2) is 0 Å². The number of carbonyl (C=O) groups is 1. The Balaban J connectivity index is 1.48. The Morgan fingerprint density at radius 2 is 2.10 bits per heavy atom. The van der Waals surface area contributed by atoms with Gasteiger partial charge < -0.3 is 9.84 Å². The molecule has 0 bridgehead atoms. The third kappa shape index (κ3) is 3.53. The first-order chi connectivity index (χ1) is 10.2. The summed E-state index contributed by atoms with van der Waals surface area (Å²) in [6.07, 6.45) is 7.88. The van der Waals surface area contributed by atoms with Crippen LogP contribution in [-0.2, 0) is 16.0 Å². The van der Waals surface area contributed by atoms with Crippen molar-refractivity contribution in [1.82, 2.24) is 0 Å². The van der Waals surface area contributed by atoms with Crippen molar-refractivity contribution in [3.8, 4) is 0 Å². The SMILES string of the molecule is O=C1CC2C(/C=C/C(O)CCc3ccccc3)CCC2O1. The standard InChI is InChI=1S/C18H22O3/c19-15(9-6-13-4-2-1-3-5-13)10-7-14-8-11-17-16(14)12-18(20)21-17/h1-5,7,10,14-17,19H,6,8-9,11-12H2/b10-7+.